The molecular formula is C11H8BrFO3. The van der Waals surface area contributed by atoms with Crippen LogP contribution in [-0.4, -0.2) is 19.2 Å². The Morgan fingerprint density at radius 1 is 1.69 bits per heavy atom. The summed E-state index contributed by atoms with van der Waals surface area (Å²) in [6, 6.07) is 1.54. The second-order valence-corrected chi connectivity index (χ2v) is 4.75. The molecule has 0 spiro atoms. The molecular weight excluding hydrogens is 279 g/mol. The molecule has 3 nitrogen and oxygen atoms in total. The third kappa shape index (κ3) is 1.21. The third-order valence-electron chi connectivity index (χ3n) is 2.99. The maximum Gasteiger partial charge on any atom is 0.339 e. The number of esters is 1. The van der Waals surface area contributed by atoms with E-state index >= 15 is 0 Å². The first-order valence-corrected chi connectivity index (χ1v) is 5.69. The standard InChI is InChI=1S/C11H8BrFO3/c1-15-11(14)5-3-7-8(10(13)9(5)12)4-2-6(4)16-7/h3-4,6H,2H2,1H3. The van der Waals surface area contributed by atoms with E-state index in [1.54, 1.807) is 6.07 Å². The van der Waals surface area contributed by atoms with Crippen molar-refractivity contribution >= 4 is 21.9 Å². The van der Waals surface area contributed by atoms with Gasteiger partial charge in [0.15, 0.2) is 0 Å². The number of hydrogen-bond donors (Lipinski definition) is 0. The van der Waals surface area contributed by atoms with Crippen LogP contribution in [-0.2, 0) is 4.74 Å². The Bertz CT molecular complexity index is 500. The molecule has 16 heavy (non-hydrogen) atoms. The molecule has 0 saturated heterocycles. The number of carbonyl (C=O) groups is 1. The maximum absolute atomic E-state index is 14.0. The number of benzene rings is 1. The lowest BCUT2D eigenvalue weighted by atomic mass is 10.1. The molecule has 0 bridgehead atoms. The second-order valence-electron chi connectivity index (χ2n) is 3.95. The first kappa shape index (κ1) is 10.1. The Labute approximate surface area is 99.7 Å². The third-order valence-corrected chi connectivity index (χ3v) is 3.77. The summed E-state index contributed by atoms with van der Waals surface area (Å²) < 4.78 is 24.2. The van der Waals surface area contributed by atoms with E-state index in [4.69, 9.17) is 4.74 Å². The lowest BCUT2D eigenvalue weighted by molar-refractivity contribution is 0.0598. The van der Waals surface area contributed by atoms with E-state index < -0.39 is 11.8 Å². The molecule has 1 fully saturated rings. The number of carbonyl (C=O) groups excluding carboxylic acids is 1. The van der Waals surface area contributed by atoms with E-state index in [2.05, 4.69) is 20.7 Å². The minimum atomic E-state index is -0.572. The molecule has 2 atom stereocenters. The van der Waals surface area contributed by atoms with Gasteiger partial charge in [-0.05, 0) is 28.4 Å². The Morgan fingerprint density at radius 2 is 2.44 bits per heavy atom. The van der Waals surface area contributed by atoms with E-state index in [-0.39, 0.29) is 22.1 Å². The van der Waals surface area contributed by atoms with Crippen molar-refractivity contribution < 1.29 is 18.7 Å². The highest BCUT2D eigenvalue weighted by atomic mass is 79.9. The van der Waals surface area contributed by atoms with E-state index in [9.17, 15) is 9.18 Å². The fourth-order valence-electron chi connectivity index (χ4n) is 2.09. The molecule has 1 heterocycles. The zero-order chi connectivity index (χ0) is 11.4. The lowest BCUT2D eigenvalue weighted by Crippen LogP contribution is -2.05. The SMILES string of the molecule is COC(=O)c1cc2c(c(F)c1Br)C1CC1O2. The Balaban J connectivity index is 2.17. The van der Waals surface area contributed by atoms with Gasteiger partial charge in [0, 0.05) is 11.5 Å². The van der Waals surface area contributed by atoms with Crippen LogP contribution in [0.5, 0.6) is 5.75 Å². The van der Waals surface area contributed by atoms with Gasteiger partial charge in [0.2, 0.25) is 0 Å². The Hall–Kier alpha value is -1.10. The largest absolute Gasteiger partial charge is 0.489 e. The van der Waals surface area contributed by atoms with Crippen molar-refractivity contribution in [3.63, 3.8) is 0 Å². The zero-order valence-electron chi connectivity index (χ0n) is 8.42. The number of rotatable bonds is 1. The zero-order valence-corrected chi connectivity index (χ0v) is 10.0. The molecule has 1 aliphatic heterocycles. The molecule has 2 unspecified atom stereocenters. The molecule has 84 valence electrons. The van der Waals surface area contributed by atoms with Crippen LogP contribution in [0.25, 0.3) is 0 Å². The van der Waals surface area contributed by atoms with Crippen molar-refractivity contribution in [2.24, 2.45) is 0 Å². The molecule has 1 aliphatic carbocycles. The predicted molar refractivity (Wildman–Crippen MR) is 57.2 cm³/mol. The normalized spacial score (nSPS) is 24.4. The average Bonchev–Trinajstić information content (AvgIpc) is 2.94. The van der Waals surface area contributed by atoms with Crippen LogP contribution >= 0.6 is 15.9 Å². The molecule has 1 aromatic carbocycles. The average molecular weight is 287 g/mol. The van der Waals surface area contributed by atoms with Crippen LogP contribution in [0.15, 0.2) is 10.5 Å². The van der Waals surface area contributed by atoms with E-state index in [1.807, 2.05) is 0 Å². The highest BCUT2D eigenvalue weighted by Crippen LogP contribution is 2.55. The van der Waals surface area contributed by atoms with Gasteiger partial charge < -0.3 is 9.47 Å². The highest BCUT2D eigenvalue weighted by molar-refractivity contribution is 9.10. The predicted octanol–water partition coefficient (Wildman–Crippen LogP) is 2.62. The lowest BCUT2D eigenvalue weighted by Gasteiger charge is -2.09. The molecule has 0 N–H and O–H groups in total. The molecule has 1 aromatic rings. The molecule has 2 aliphatic rings. The number of ether oxygens (including phenoxy) is 2. The van der Waals surface area contributed by atoms with Crippen molar-refractivity contribution in [1.82, 2.24) is 0 Å². The van der Waals surface area contributed by atoms with Gasteiger partial charge in [-0.1, -0.05) is 0 Å². The molecule has 0 amide bonds. The van der Waals surface area contributed by atoms with Crippen molar-refractivity contribution in [2.75, 3.05) is 7.11 Å². The van der Waals surface area contributed by atoms with Crippen LogP contribution in [0.2, 0.25) is 0 Å². The topological polar surface area (TPSA) is 35.5 Å². The van der Waals surface area contributed by atoms with Gasteiger partial charge in [0.05, 0.1) is 17.1 Å². The van der Waals surface area contributed by atoms with Crippen molar-refractivity contribution in [2.45, 2.75) is 18.4 Å². The van der Waals surface area contributed by atoms with E-state index in [0.717, 1.165) is 6.42 Å². The fraction of sp³-hybridized carbons (Fsp3) is 0.364. The quantitative estimate of drug-likeness (QED) is 0.745. The van der Waals surface area contributed by atoms with Gasteiger partial charge in [-0.15, -0.1) is 0 Å². The minimum Gasteiger partial charge on any atom is -0.489 e. The summed E-state index contributed by atoms with van der Waals surface area (Å²) >= 11 is 3.09. The molecule has 0 aromatic heterocycles. The smallest absolute Gasteiger partial charge is 0.339 e. The summed E-state index contributed by atoms with van der Waals surface area (Å²) in [6.07, 6.45) is 0.970. The van der Waals surface area contributed by atoms with Gasteiger partial charge in [-0.3, -0.25) is 0 Å². The maximum atomic E-state index is 14.0. The first-order valence-electron chi connectivity index (χ1n) is 4.90. The molecule has 1 saturated carbocycles. The summed E-state index contributed by atoms with van der Waals surface area (Å²) in [6.45, 7) is 0. The molecule has 5 heteroatoms. The highest BCUT2D eigenvalue weighted by Gasteiger charge is 2.50. The van der Waals surface area contributed by atoms with Crippen molar-refractivity contribution in [3.8, 4) is 5.75 Å². The van der Waals surface area contributed by atoms with Crippen LogP contribution in [0, 0.1) is 5.82 Å². The minimum absolute atomic E-state index is 0.101. The van der Waals surface area contributed by atoms with Gasteiger partial charge in [-0.25, -0.2) is 9.18 Å². The summed E-state index contributed by atoms with van der Waals surface area (Å²) in [5.74, 6) is -0.332. The number of fused-ring (bicyclic) bond motifs is 3. The van der Waals surface area contributed by atoms with Crippen molar-refractivity contribution in [3.05, 3.63) is 27.5 Å². The van der Waals surface area contributed by atoms with Crippen LogP contribution in [0.3, 0.4) is 0 Å². The molecule has 0 radical (unpaired) electrons. The Morgan fingerprint density at radius 3 is 3.12 bits per heavy atom. The van der Waals surface area contributed by atoms with Gasteiger partial charge in [0.1, 0.15) is 17.7 Å². The van der Waals surface area contributed by atoms with E-state index in [1.165, 1.54) is 7.11 Å². The van der Waals surface area contributed by atoms with Gasteiger partial charge in [-0.2, -0.15) is 0 Å². The number of methoxy groups -OCH3 is 1. The molecule has 3 rings (SSSR count). The first-order chi connectivity index (χ1) is 7.63. The van der Waals surface area contributed by atoms with E-state index in [0.29, 0.717) is 11.3 Å². The van der Waals surface area contributed by atoms with Gasteiger partial charge in [0.25, 0.3) is 0 Å². The van der Waals surface area contributed by atoms with Crippen LogP contribution < -0.4 is 4.74 Å². The van der Waals surface area contributed by atoms with Crippen LogP contribution in [0.4, 0.5) is 4.39 Å². The van der Waals surface area contributed by atoms with Gasteiger partial charge >= 0.3 is 5.97 Å². The Kier molecular flexibility index (Phi) is 2.01. The number of halogens is 2. The summed E-state index contributed by atoms with van der Waals surface area (Å²) in [7, 11) is 1.26. The second kappa shape index (κ2) is 3.20. The number of hydrogen-bond acceptors (Lipinski definition) is 3. The van der Waals surface area contributed by atoms with Crippen molar-refractivity contribution in [1.29, 1.82) is 0 Å². The summed E-state index contributed by atoms with van der Waals surface area (Å²) in [4.78, 5) is 11.4. The monoisotopic (exact) mass is 286 g/mol. The van der Waals surface area contributed by atoms with Crippen LogP contribution in [0.1, 0.15) is 28.3 Å². The summed E-state index contributed by atoms with van der Waals surface area (Å²) in [5.41, 5.74) is 0.754. The summed E-state index contributed by atoms with van der Waals surface area (Å²) in [5, 5.41) is 0. The fourth-order valence-corrected chi connectivity index (χ4v) is 2.58.